The summed E-state index contributed by atoms with van der Waals surface area (Å²) >= 11 is 0. The third kappa shape index (κ3) is 6.36. The van der Waals surface area contributed by atoms with E-state index in [2.05, 4.69) is 34.5 Å². The Balaban J connectivity index is 1.46. The Kier molecular flexibility index (Phi) is 7.70. The molecule has 5 nitrogen and oxygen atoms in total. The van der Waals surface area contributed by atoms with Gasteiger partial charge in [-0.15, -0.1) is 0 Å². The lowest BCUT2D eigenvalue weighted by atomic mass is 10.0. The lowest BCUT2D eigenvalue weighted by molar-refractivity contribution is -0.117. The first-order valence-electron chi connectivity index (χ1n) is 10.2. The van der Waals surface area contributed by atoms with Crippen molar-refractivity contribution in [2.45, 2.75) is 32.4 Å². The lowest BCUT2D eigenvalue weighted by Crippen LogP contribution is -2.43. The van der Waals surface area contributed by atoms with Crippen molar-refractivity contribution >= 4 is 12.0 Å². The number of hydrogen-bond donors (Lipinski definition) is 1. The first kappa shape index (κ1) is 20.9. The fourth-order valence-corrected chi connectivity index (χ4v) is 3.56. The first-order chi connectivity index (χ1) is 14.2. The van der Waals surface area contributed by atoms with Gasteiger partial charge in [0.15, 0.2) is 11.5 Å². The molecule has 0 spiro atoms. The number of hydrogen-bond acceptors (Lipinski definition) is 4. The van der Waals surface area contributed by atoms with E-state index in [9.17, 15) is 4.79 Å². The van der Waals surface area contributed by atoms with Crippen LogP contribution in [0.1, 0.15) is 30.9 Å². The number of rotatable bonds is 8. The molecule has 0 aromatic heterocycles. The molecule has 1 amide bonds. The molecule has 0 unspecified atom stereocenters. The SMILES string of the molecule is CCOc1ccc(/C=C/C(=O)NC2CCN(Cc3ccccc3)CC2)cc1OC. The minimum atomic E-state index is -0.0561. The Morgan fingerprint density at radius 3 is 2.59 bits per heavy atom. The van der Waals surface area contributed by atoms with Crippen LogP contribution in [0, 0.1) is 0 Å². The molecule has 1 fully saturated rings. The zero-order valence-electron chi connectivity index (χ0n) is 17.3. The van der Waals surface area contributed by atoms with Crippen LogP contribution >= 0.6 is 0 Å². The fraction of sp³-hybridized carbons (Fsp3) is 0.375. The third-order valence-electron chi connectivity index (χ3n) is 5.10. The maximum atomic E-state index is 12.3. The fourth-order valence-electron chi connectivity index (χ4n) is 3.56. The molecule has 0 atom stereocenters. The van der Waals surface area contributed by atoms with Crippen molar-refractivity contribution in [1.29, 1.82) is 0 Å². The summed E-state index contributed by atoms with van der Waals surface area (Å²) in [6.07, 6.45) is 5.34. The molecule has 1 saturated heterocycles. The molecule has 1 N–H and O–H groups in total. The number of nitrogens with one attached hydrogen (secondary N) is 1. The van der Waals surface area contributed by atoms with E-state index in [1.165, 1.54) is 5.56 Å². The van der Waals surface area contributed by atoms with Gasteiger partial charge >= 0.3 is 0 Å². The number of likely N-dealkylation sites (tertiary alicyclic amines) is 1. The largest absolute Gasteiger partial charge is 0.493 e. The molecule has 2 aromatic carbocycles. The summed E-state index contributed by atoms with van der Waals surface area (Å²) in [5, 5.41) is 3.13. The smallest absolute Gasteiger partial charge is 0.244 e. The van der Waals surface area contributed by atoms with Crippen molar-refractivity contribution < 1.29 is 14.3 Å². The third-order valence-corrected chi connectivity index (χ3v) is 5.10. The average Bonchev–Trinajstić information content (AvgIpc) is 2.75. The molecule has 1 aliphatic rings. The number of methoxy groups -OCH3 is 1. The van der Waals surface area contributed by atoms with Crippen LogP contribution in [0.3, 0.4) is 0 Å². The van der Waals surface area contributed by atoms with Crippen LogP contribution in [0.25, 0.3) is 6.08 Å². The van der Waals surface area contributed by atoms with Crippen LogP contribution in [0.5, 0.6) is 11.5 Å². The summed E-state index contributed by atoms with van der Waals surface area (Å²) in [6.45, 7) is 5.49. The van der Waals surface area contributed by atoms with E-state index in [4.69, 9.17) is 9.47 Å². The molecule has 29 heavy (non-hydrogen) atoms. The minimum absolute atomic E-state index is 0.0561. The van der Waals surface area contributed by atoms with E-state index in [0.29, 0.717) is 18.1 Å². The van der Waals surface area contributed by atoms with E-state index >= 15 is 0 Å². The van der Waals surface area contributed by atoms with Gasteiger partial charge in [0, 0.05) is 31.8 Å². The summed E-state index contributed by atoms with van der Waals surface area (Å²) in [6, 6.07) is 16.4. The number of benzene rings is 2. The number of carbonyl (C=O) groups excluding carboxylic acids is 1. The highest BCUT2D eigenvalue weighted by molar-refractivity contribution is 5.92. The van der Waals surface area contributed by atoms with Crippen molar-refractivity contribution in [2.24, 2.45) is 0 Å². The normalized spacial score (nSPS) is 15.4. The molecular weight excluding hydrogens is 364 g/mol. The van der Waals surface area contributed by atoms with Gasteiger partial charge in [-0.25, -0.2) is 0 Å². The molecule has 154 valence electrons. The van der Waals surface area contributed by atoms with Gasteiger partial charge < -0.3 is 14.8 Å². The molecule has 0 aliphatic carbocycles. The van der Waals surface area contributed by atoms with Crippen molar-refractivity contribution in [3.05, 3.63) is 65.7 Å². The predicted octanol–water partition coefficient (Wildman–Crippen LogP) is 3.89. The van der Waals surface area contributed by atoms with Gasteiger partial charge in [-0.1, -0.05) is 36.4 Å². The molecule has 1 aliphatic heterocycles. The highest BCUT2D eigenvalue weighted by Gasteiger charge is 2.20. The zero-order valence-corrected chi connectivity index (χ0v) is 17.3. The summed E-state index contributed by atoms with van der Waals surface area (Å²) in [4.78, 5) is 14.8. The zero-order chi connectivity index (χ0) is 20.5. The monoisotopic (exact) mass is 394 g/mol. The number of carbonyl (C=O) groups is 1. The van der Waals surface area contributed by atoms with Gasteiger partial charge in [-0.2, -0.15) is 0 Å². The minimum Gasteiger partial charge on any atom is -0.493 e. The number of nitrogens with zero attached hydrogens (tertiary/aromatic N) is 1. The second-order valence-electron chi connectivity index (χ2n) is 7.22. The van der Waals surface area contributed by atoms with Crippen LogP contribution in [-0.2, 0) is 11.3 Å². The summed E-state index contributed by atoms with van der Waals surface area (Å²) in [5.41, 5.74) is 2.24. The van der Waals surface area contributed by atoms with Crippen LogP contribution in [-0.4, -0.2) is 43.7 Å². The molecule has 2 aromatic rings. The van der Waals surface area contributed by atoms with E-state index in [1.807, 2.05) is 31.2 Å². The van der Waals surface area contributed by atoms with Gasteiger partial charge in [0.1, 0.15) is 0 Å². The van der Waals surface area contributed by atoms with E-state index in [-0.39, 0.29) is 11.9 Å². The molecular formula is C24H30N2O3. The summed E-state index contributed by atoms with van der Waals surface area (Å²) in [7, 11) is 1.61. The van der Waals surface area contributed by atoms with Gasteiger partial charge in [-0.05, 0) is 49.1 Å². The van der Waals surface area contributed by atoms with Gasteiger partial charge in [0.05, 0.1) is 13.7 Å². The lowest BCUT2D eigenvalue weighted by Gasteiger charge is -2.32. The Hall–Kier alpha value is -2.79. The topological polar surface area (TPSA) is 50.8 Å². The predicted molar refractivity (Wildman–Crippen MR) is 116 cm³/mol. The molecule has 5 heteroatoms. The maximum Gasteiger partial charge on any atom is 0.244 e. The number of piperidine rings is 1. The molecule has 0 saturated carbocycles. The Bertz CT molecular complexity index is 812. The van der Waals surface area contributed by atoms with Crippen molar-refractivity contribution in [3.8, 4) is 11.5 Å². The summed E-state index contributed by atoms with van der Waals surface area (Å²) in [5.74, 6) is 1.32. The molecule has 1 heterocycles. The Morgan fingerprint density at radius 1 is 1.14 bits per heavy atom. The van der Waals surface area contributed by atoms with Gasteiger partial charge in [0.25, 0.3) is 0 Å². The van der Waals surface area contributed by atoms with E-state index in [1.54, 1.807) is 19.3 Å². The first-order valence-corrected chi connectivity index (χ1v) is 10.2. The highest BCUT2D eigenvalue weighted by atomic mass is 16.5. The van der Waals surface area contributed by atoms with Crippen LogP contribution in [0.2, 0.25) is 0 Å². The van der Waals surface area contributed by atoms with Crippen molar-refractivity contribution in [3.63, 3.8) is 0 Å². The van der Waals surface area contributed by atoms with Crippen molar-refractivity contribution in [2.75, 3.05) is 26.8 Å². The number of amides is 1. The van der Waals surface area contributed by atoms with E-state index < -0.39 is 0 Å². The summed E-state index contributed by atoms with van der Waals surface area (Å²) < 4.78 is 10.9. The Morgan fingerprint density at radius 2 is 1.90 bits per heavy atom. The maximum absolute atomic E-state index is 12.3. The average molecular weight is 395 g/mol. The van der Waals surface area contributed by atoms with E-state index in [0.717, 1.165) is 38.0 Å². The Labute approximate surface area is 173 Å². The van der Waals surface area contributed by atoms with Gasteiger partial charge in [0.2, 0.25) is 5.91 Å². The second-order valence-corrected chi connectivity index (χ2v) is 7.22. The number of ether oxygens (including phenoxy) is 2. The standard InChI is InChI=1S/C24H30N2O3/c1-3-29-22-11-9-19(17-23(22)28-2)10-12-24(27)25-21-13-15-26(16-14-21)18-20-7-5-4-6-8-20/h4-12,17,21H,3,13-16,18H2,1-2H3,(H,25,27)/b12-10+. The van der Waals surface area contributed by atoms with Crippen LogP contribution in [0.15, 0.2) is 54.6 Å². The van der Waals surface area contributed by atoms with Crippen LogP contribution < -0.4 is 14.8 Å². The highest BCUT2D eigenvalue weighted by Crippen LogP contribution is 2.28. The quantitative estimate of drug-likeness (QED) is 0.690. The van der Waals surface area contributed by atoms with Gasteiger partial charge in [-0.3, -0.25) is 9.69 Å². The molecule has 0 bridgehead atoms. The van der Waals surface area contributed by atoms with Crippen molar-refractivity contribution in [1.82, 2.24) is 10.2 Å². The second kappa shape index (κ2) is 10.7. The van der Waals surface area contributed by atoms with Crippen LogP contribution in [0.4, 0.5) is 0 Å². The molecule has 0 radical (unpaired) electrons. The molecule has 3 rings (SSSR count).